The number of benzene rings is 1. The van der Waals surface area contributed by atoms with Gasteiger partial charge < -0.3 is 10.2 Å². The van der Waals surface area contributed by atoms with Crippen LogP contribution >= 0.6 is 15.9 Å². The summed E-state index contributed by atoms with van der Waals surface area (Å²) in [5, 5.41) is 2.63. The predicted octanol–water partition coefficient (Wildman–Crippen LogP) is 2.76. The number of hydrogen-bond donors (Lipinski definition) is 1. The van der Waals surface area contributed by atoms with E-state index >= 15 is 0 Å². The highest BCUT2D eigenvalue weighted by Gasteiger charge is 2.18. The fraction of sp³-hybridized carbons (Fsp3) is 0.417. The van der Waals surface area contributed by atoms with E-state index in [1.807, 2.05) is 0 Å². The highest BCUT2D eigenvalue weighted by Crippen LogP contribution is 2.23. The predicted molar refractivity (Wildman–Crippen MR) is 68.4 cm³/mol. The minimum absolute atomic E-state index is 0.00301. The third-order valence-electron chi connectivity index (χ3n) is 2.90. The standard InChI is InChI=1S/C12H13BrF2N2O/c13-8-5-10(15)11(6-9(8)14)16-7-12(18)17-3-1-2-4-17/h5-6,16H,1-4,7H2. The molecular weight excluding hydrogens is 306 g/mol. The van der Waals surface area contributed by atoms with Gasteiger partial charge in [0.25, 0.3) is 0 Å². The molecule has 0 aliphatic carbocycles. The summed E-state index contributed by atoms with van der Waals surface area (Å²) in [6.07, 6.45) is 2.01. The second-order valence-corrected chi connectivity index (χ2v) is 5.04. The van der Waals surface area contributed by atoms with Gasteiger partial charge in [-0.1, -0.05) is 0 Å². The molecule has 1 heterocycles. The Morgan fingerprint density at radius 2 is 1.94 bits per heavy atom. The minimum atomic E-state index is -0.586. The van der Waals surface area contributed by atoms with Gasteiger partial charge in [-0.3, -0.25) is 4.79 Å². The third kappa shape index (κ3) is 2.98. The highest BCUT2D eigenvalue weighted by molar-refractivity contribution is 9.10. The first kappa shape index (κ1) is 13.3. The first-order valence-electron chi connectivity index (χ1n) is 5.74. The van der Waals surface area contributed by atoms with Crippen molar-refractivity contribution < 1.29 is 13.6 Å². The lowest BCUT2D eigenvalue weighted by atomic mass is 10.3. The zero-order valence-corrected chi connectivity index (χ0v) is 11.3. The van der Waals surface area contributed by atoms with Gasteiger partial charge in [-0.05, 0) is 34.8 Å². The number of rotatable bonds is 3. The molecular formula is C12H13BrF2N2O. The summed E-state index contributed by atoms with van der Waals surface area (Å²) in [7, 11) is 0. The number of halogens is 3. The van der Waals surface area contributed by atoms with Crippen molar-refractivity contribution in [3.63, 3.8) is 0 Å². The summed E-state index contributed by atoms with van der Waals surface area (Å²) >= 11 is 2.90. The number of likely N-dealkylation sites (tertiary alicyclic amines) is 1. The van der Waals surface area contributed by atoms with Crippen LogP contribution in [-0.4, -0.2) is 30.4 Å². The molecule has 1 aromatic rings. The van der Waals surface area contributed by atoms with Gasteiger partial charge in [0.05, 0.1) is 16.7 Å². The maximum atomic E-state index is 13.5. The zero-order valence-electron chi connectivity index (χ0n) is 9.68. The van der Waals surface area contributed by atoms with Crippen molar-refractivity contribution in [3.05, 3.63) is 28.2 Å². The molecule has 1 aromatic carbocycles. The number of hydrogen-bond acceptors (Lipinski definition) is 2. The Bertz CT molecular complexity index is 462. The van der Waals surface area contributed by atoms with Crippen molar-refractivity contribution in [3.8, 4) is 0 Å². The van der Waals surface area contributed by atoms with Crippen LogP contribution < -0.4 is 5.32 Å². The Morgan fingerprint density at radius 3 is 2.61 bits per heavy atom. The Balaban J connectivity index is 1.97. The largest absolute Gasteiger partial charge is 0.374 e. The number of carbonyl (C=O) groups excluding carboxylic acids is 1. The van der Waals surface area contributed by atoms with E-state index in [0.717, 1.165) is 38.1 Å². The van der Waals surface area contributed by atoms with Crippen molar-refractivity contribution in [2.75, 3.05) is 25.0 Å². The maximum absolute atomic E-state index is 13.5. The van der Waals surface area contributed by atoms with Gasteiger partial charge in [0.2, 0.25) is 5.91 Å². The summed E-state index contributed by atoms with van der Waals surface area (Å²) in [6, 6.07) is 2.08. The van der Waals surface area contributed by atoms with E-state index in [0.29, 0.717) is 0 Å². The van der Waals surface area contributed by atoms with Crippen LogP contribution in [0.3, 0.4) is 0 Å². The molecule has 18 heavy (non-hydrogen) atoms. The third-order valence-corrected chi connectivity index (χ3v) is 3.51. The van der Waals surface area contributed by atoms with E-state index < -0.39 is 11.6 Å². The van der Waals surface area contributed by atoms with Crippen LogP contribution in [0.25, 0.3) is 0 Å². The van der Waals surface area contributed by atoms with Crippen molar-refractivity contribution in [2.45, 2.75) is 12.8 Å². The molecule has 1 aliphatic heterocycles. The summed E-state index contributed by atoms with van der Waals surface area (Å²) < 4.78 is 26.8. The number of amides is 1. The molecule has 0 aromatic heterocycles. The minimum Gasteiger partial charge on any atom is -0.374 e. The van der Waals surface area contributed by atoms with E-state index in [-0.39, 0.29) is 22.6 Å². The monoisotopic (exact) mass is 318 g/mol. The van der Waals surface area contributed by atoms with Crippen LogP contribution in [0.15, 0.2) is 16.6 Å². The van der Waals surface area contributed by atoms with Gasteiger partial charge in [0, 0.05) is 19.2 Å². The van der Waals surface area contributed by atoms with Crippen LogP contribution in [0.4, 0.5) is 14.5 Å². The summed E-state index contributed by atoms with van der Waals surface area (Å²) in [6.45, 7) is 1.48. The first-order valence-corrected chi connectivity index (χ1v) is 6.53. The van der Waals surface area contributed by atoms with E-state index in [2.05, 4.69) is 21.2 Å². The first-order chi connectivity index (χ1) is 8.58. The molecule has 0 atom stereocenters. The normalized spacial score (nSPS) is 14.9. The SMILES string of the molecule is O=C(CNc1cc(F)c(Br)cc1F)N1CCCC1. The molecule has 0 bridgehead atoms. The van der Waals surface area contributed by atoms with Gasteiger partial charge in [-0.2, -0.15) is 0 Å². The van der Waals surface area contributed by atoms with Gasteiger partial charge >= 0.3 is 0 Å². The topological polar surface area (TPSA) is 32.3 Å². The molecule has 0 saturated carbocycles. The van der Waals surface area contributed by atoms with Crippen LogP contribution in [-0.2, 0) is 4.79 Å². The molecule has 1 amide bonds. The second-order valence-electron chi connectivity index (χ2n) is 4.19. The van der Waals surface area contributed by atoms with Crippen LogP contribution in [0.2, 0.25) is 0 Å². The van der Waals surface area contributed by atoms with Gasteiger partial charge in [-0.25, -0.2) is 8.78 Å². The molecule has 0 spiro atoms. The number of carbonyl (C=O) groups is 1. The van der Waals surface area contributed by atoms with Crippen molar-refractivity contribution in [2.24, 2.45) is 0 Å². The summed E-state index contributed by atoms with van der Waals surface area (Å²) in [4.78, 5) is 13.4. The van der Waals surface area contributed by atoms with Crippen molar-refractivity contribution in [1.82, 2.24) is 4.90 Å². The Kier molecular flexibility index (Phi) is 4.16. The molecule has 0 unspecified atom stereocenters. The molecule has 0 radical (unpaired) electrons. The number of anilines is 1. The van der Waals surface area contributed by atoms with Crippen molar-refractivity contribution in [1.29, 1.82) is 0 Å². The lowest BCUT2D eigenvalue weighted by Gasteiger charge is -2.16. The number of nitrogens with one attached hydrogen (secondary N) is 1. The molecule has 6 heteroatoms. The molecule has 2 rings (SSSR count). The van der Waals surface area contributed by atoms with Crippen LogP contribution in [0.1, 0.15) is 12.8 Å². The lowest BCUT2D eigenvalue weighted by molar-refractivity contribution is -0.128. The molecule has 1 fully saturated rings. The van der Waals surface area contributed by atoms with Gasteiger partial charge in [-0.15, -0.1) is 0 Å². The second kappa shape index (κ2) is 5.65. The maximum Gasteiger partial charge on any atom is 0.241 e. The van der Waals surface area contributed by atoms with Gasteiger partial charge in [0.1, 0.15) is 11.6 Å². The van der Waals surface area contributed by atoms with Crippen molar-refractivity contribution >= 4 is 27.5 Å². The fourth-order valence-corrected chi connectivity index (χ4v) is 2.22. The van der Waals surface area contributed by atoms with E-state index in [4.69, 9.17) is 0 Å². The molecule has 1 aliphatic rings. The summed E-state index contributed by atoms with van der Waals surface area (Å²) in [5.74, 6) is -1.24. The average molecular weight is 319 g/mol. The van der Waals surface area contributed by atoms with Gasteiger partial charge in [0.15, 0.2) is 0 Å². The van der Waals surface area contributed by atoms with E-state index in [1.54, 1.807) is 4.90 Å². The lowest BCUT2D eigenvalue weighted by Crippen LogP contribution is -2.33. The Morgan fingerprint density at radius 1 is 1.28 bits per heavy atom. The van der Waals surface area contributed by atoms with E-state index in [9.17, 15) is 13.6 Å². The molecule has 1 saturated heterocycles. The quantitative estimate of drug-likeness (QED) is 0.869. The van der Waals surface area contributed by atoms with Crippen LogP contribution in [0, 0.1) is 11.6 Å². The Hall–Kier alpha value is -1.17. The van der Waals surface area contributed by atoms with E-state index in [1.165, 1.54) is 0 Å². The molecule has 98 valence electrons. The number of nitrogens with zero attached hydrogens (tertiary/aromatic N) is 1. The highest BCUT2D eigenvalue weighted by atomic mass is 79.9. The molecule has 3 nitrogen and oxygen atoms in total. The zero-order chi connectivity index (χ0) is 13.1. The average Bonchev–Trinajstić information content (AvgIpc) is 2.85. The summed E-state index contributed by atoms with van der Waals surface area (Å²) in [5.41, 5.74) is 0.00301. The van der Waals surface area contributed by atoms with Crippen LogP contribution in [0.5, 0.6) is 0 Å². The molecule has 1 N–H and O–H groups in total. The smallest absolute Gasteiger partial charge is 0.241 e. The Labute approximate surface area is 112 Å². The fourth-order valence-electron chi connectivity index (χ4n) is 1.91.